The van der Waals surface area contributed by atoms with E-state index in [2.05, 4.69) is 22.0 Å². The summed E-state index contributed by atoms with van der Waals surface area (Å²) in [4.78, 5) is 4.71. The van der Waals surface area contributed by atoms with Crippen molar-refractivity contribution >= 4 is 0 Å². The molecule has 0 bridgehead atoms. The first-order valence-corrected chi connectivity index (χ1v) is 7.40. The van der Waals surface area contributed by atoms with E-state index in [4.69, 9.17) is 10.3 Å². The van der Waals surface area contributed by atoms with Crippen LogP contribution in [0.3, 0.4) is 0 Å². The standard InChI is InChI=1S/C16H22N4O/c1-19-7-8-20(14(10-17)11-19)12-15-9-16(18-21-15)13-5-3-2-4-6-13/h2-6,9,14H,7-8,10-12,17H2,1H3. The number of rotatable bonds is 4. The topological polar surface area (TPSA) is 58.5 Å². The van der Waals surface area contributed by atoms with E-state index in [1.807, 2.05) is 36.4 Å². The lowest BCUT2D eigenvalue weighted by Gasteiger charge is -2.38. The third-order valence-electron chi connectivity index (χ3n) is 4.07. The van der Waals surface area contributed by atoms with Gasteiger partial charge in [-0.25, -0.2) is 0 Å². The molecule has 1 aromatic carbocycles. The monoisotopic (exact) mass is 286 g/mol. The van der Waals surface area contributed by atoms with E-state index in [0.29, 0.717) is 12.6 Å². The molecule has 0 aliphatic carbocycles. The highest BCUT2D eigenvalue weighted by Gasteiger charge is 2.25. The summed E-state index contributed by atoms with van der Waals surface area (Å²) in [6.45, 7) is 4.53. The fraction of sp³-hybridized carbons (Fsp3) is 0.438. The number of aromatic nitrogens is 1. The van der Waals surface area contributed by atoms with Crippen molar-refractivity contribution in [3.05, 3.63) is 42.2 Å². The van der Waals surface area contributed by atoms with E-state index >= 15 is 0 Å². The predicted octanol–water partition coefficient (Wildman–Crippen LogP) is 1.42. The zero-order chi connectivity index (χ0) is 14.7. The number of likely N-dealkylation sites (N-methyl/N-ethyl adjacent to an activating group) is 1. The Hall–Kier alpha value is -1.69. The summed E-state index contributed by atoms with van der Waals surface area (Å²) in [5, 5.41) is 4.17. The largest absolute Gasteiger partial charge is 0.359 e. The molecule has 2 heterocycles. The Bertz CT molecular complexity index is 569. The quantitative estimate of drug-likeness (QED) is 0.921. The van der Waals surface area contributed by atoms with Crippen molar-refractivity contribution in [2.24, 2.45) is 5.73 Å². The number of nitrogens with two attached hydrogens (primary N) is 1. The summed E-state index contributed by atoms with van der Waals surface area (Å²) in [5.41, 5.74) is 7.87. The molecule has 2 aromatic rings. The van der Waals surface area contributed by atoms with Crippen molar-refractivity contribution < 1.29 is 4.52 Å². The second-order valence-corrected chi connectivity index (χ2v) is 5.67. The molecule has 112 valence electrons. The van der Waals surface area contributed by atoms with Gasteiger partial charge >= 0.3 is 0 Å². The van der Waals surface area contributed by atoms with Crippen molar-refractivity contribution in [2.75, 3.05) is 33.2 Å². The van der Waals surface area contributed by atoms with E-state index in [0.717, 1.165) is 43.2 Å². The minimum atomic E-state index is 0.383. The van der Waals surface area contributed by atoms with Crippen molar-refractivity contribution in [2.45, 2.75) is 12.6 Å². The molecule has 5 heteroatoms. The van der Waals surface area contributed by atoms with Crippen LogP contribution in [0.4, 0.5) is 0 Å². The molecule has 1 atom stereocenters. The van der Waals surface area contributed by atoms with Gasteiger partial charge in [0.25, 0.3) is 0 Å². The van der Waals surface area contributed by atoms with Gasteiger partial charge in [0.15, 0.2) is 5.76 Å². The number of nitrogens with zero attached hydrogens (tertiary/aromatic N) is 3. The Morgan fingerprint density at radius 1 is 1.29 bits per heavy atom. The van der Waals surface area contributed by atoms with E-state index in [-0.39, 0.29) is 0 Å². The lowest BCUT2D eigenvalue weighted by Crippen LogP contribution is -2.54. The van der Waals surface area contributed by atoms with E-state index in [1.54, 1.807) is 0 Å². The Morgan fingerprint density at radius 2 is 2.10 bits per heavy atom. The van der Waals surface area contributed by atoms with Gasteiger partial charge in [-0.1, -0.05) is 35.5 Å². The normalized spacial score (nSPS) is 20.8. The average molecular weight is 286 g/mol. The summed E-state index contributed by atoms with van der Waals surface area (Å²) < 4.78 is 5.50. The predicted molar refractivity (Wildman–Crippen MR) is 82.7 cm³/mol. The van der Waals surface area contributed by atoms with Gasteiger partial charge in [-0.3, -0.25) is 4.90 Å². The van der Waals surface area contributed by atoms with Gasteiger partial charge in [0, 0.05) is 43.9 Å². The Kier molecular flexibility index (Phi) is 4.34. The van der Waals surface area contributed by atoms with Gasteiger partial charge < -0.3 is 15.2 Å². The van der Waals surface area contributed by atoms with Crippen molar-refractivity contribution in [1.82, 2.24) is 15.0 Å². The van der Waals surface area contributed by atoms with Crippen LogP contribution in [0.1, 0.15) is 5.76 Å². The molecule has 3 rings (SSSR count). The Morgan fingerprint density at radius 3 is 2.86 bits per heavy atom. The van der Waals surface area contributed by atoms with Gasteiger partial charge in [0.2, 0.25) is 0 Å². The van der Waals surface area contributed by atoms with Gasteiger partial charge in [0.1, 0.15) is 5.69 Å². The van der Waals surface area contributed by atoms with Crippen LogP contribution >= 0.6 is 0 Å². The van der Waals surface area contributed by atoms with Crippen LogP contribution in [0, 0.1) is 0 Å². The molecule has 0 saturated carbocycles. The fourth-order valence-electron chi connectivity index (χ4n) is 2.81. The molecule has 5 nitrogen and oxygen atoms in total. The summed E-state index contributed by atoms with van der Waals surface area (Å²) in [6, 6.07) is 12.5. The number of hydrogen-bond donors (Lipinski definition) is 1. The van der Waals surface area contributed by atoms with E-state index in [9.17, 15) is 0 Å². The third kappa shape index (κ3) is 3.32. The van der Waals surface area contributed by atoms with Crippen molar-refractivity contribution in [1.29, 1.82) is 0 Å². The molecular weight excluding hydrogens is 264 g/mol. The van der Waals surface area contributed by atoms with Crippen LogP contribution in [-0.2, 0) is 6.54 Å². The van der Waals surface area contributed by atoms with Crippen LogP contribution in [0.5, 0.6) is 0 Å². The lowest BCUT2D eigenvalue weighted by atomic mass is 10.1. The van der Waals surface area contributed by atoms with Crippen LogP contribution in [-0.4, -0.2) is 54.2 Å². The summed E-state index contributed by atoms with van der Waals surface area (Å²) >= 11 is 0. The maximum absolute atomic E-state index is 5.89. The van der Waals surface area contributed by atoms with E-state index in [1.165, 1.54) is 0 Å². The third-order valence-corrected chi connectivity index (χ3v) is 4.07. The molecule has 2 N–H and O–H groups in total. The summed E-state index contributed by atoms with van der Waals surface area (Å²) in [7, 11) is 2.14. The van der Waals surface area contributed by atoms with Gasteiger partial charge in [-0.05, 0) is 7.05 Å². The van der Waals surface area contributed by atoms with Gasteiger partial charge in [-0.2, -0.15) is 0 Å². The van der Waals surface area contributed by atoms with Crippen LogP contribution in [0.25, 0.3) is 11.3 Å². The van der Waals surface area contributed by atoms with Gasteiger partial charge in [0.05, 0.1) is 6.54 Å². The highest BCUT2D eigenvalue weighted by molar-refractivity contribution is 5.58. The number of hydrogen-bond acceptors (Lipinski definition) is 5. The minimum absolute atomic E-state index is 0.383. The molecule has 0 radical (unpaired) electrons. The van der Waals surface area contributed by atoms with E-state index < -0.39 is 0 Å². The summed E-state index contributed by atoms with van der Waals surface area (Å²) in [6.07, 6.45) is 0. The summed E-state index contributed by atoms with van der Waals surface area (Å²) in [5.74, 6) is 0.900. The highest BCUT2D eigenvalue weighted by atomic mass is 16.5. The van der Waals surface area contributed by atoms with Crippen LogP contribution < -0.4 is 5.73 Å². The molecule has 1 unspecified atom stereocenters. The average Bonchev–Trinajstić information content (AvgIpc) is 2.98. The smallest absolute Gasteiger partial charge is 0.151 e. The molecule has 1 aliphatic rings. The highest BCUT2D eigenvalue weighted by Crippen LogP contribution is 2.20. The van der Waals surface area contributed by atoms with Crippen LogP contribution in [0.15, 0.2) is 40.9 Å². The molecule has 1 aromatic heterocycles. The van der Waals surface area contributed by atoms with Gasteiger partial charge in [-0.15, -0.1) is 0 Å². The first kappa shape index (κ1) is 14.3. The maximum Gasteiger partial charge on any atom is 0.151 e. The molecule has 1 saturated heterocycles. The Balaban J connectivity index is 1.69. The minimum Gasteiger partial charge on any atom is -0.359 e. The van der Waals surface area contributed by atoms with Crippen LogP contribution in [0.2, 0.25) is 0 Å². The fourth-order valence-corrected chi connectivity index (χ4v) is 2.81. The second kappa shape index (κ2) is 6.39. The molecule has 0 spiro atoms. The molecule has 0 amide bonds. The molecule has 1 aliphatic heterocycles. The first-order valence-electron chi connectivity index (χ1n) is 7.40. The molecule has 21 heavy (non-hydrogen) atoms. The first-order chi connectivity index (χ1) is 10.3. The maximum atomic E-state index is 5.89. The molecule has 1 fully saturated rings. The lowest BCUT2D eigenvalue weighted by molar-refractivity contribution is 0.0800. The number of piperazine rings is 1. The van der Waals surface area contributed by atoms with Crippen molar-refractivity contribution in [3.63, 3.8) is 0 Å². The second-order valence-electron chi connectivity index (χ2n) is 5.67. The SMILES string of the molecule is CN1CCN(Cc2cc(-c3ccccc3)no2)C(CN)C1. The number of benzene rings is 1. The zero-order valence-corrected chi connectivity index (χ0v) is 12.4. The Labute approximate surface area is 125 Å². The molecular formula is C16H22N4O. The van der Waals surface area contributed by atoms with Crippen molar-refractivity contribution in [3.8, 4) is 11.3 Å². The zero-order valence-electron chi connectivity index (χ0n) is 12.4.